The van der Waals surface area contributed by atoms with Crippen molar-refractivity contribution in [2.24, 2.45) is 0 Å². The minimum absolute atomic E-state index is 0.178. The molecule has 9 heteroatoms. The Morgan fingerprint density at radius 1 is 1.07 bits per heavy atom. The largest absolute Gasteiger partial charge is 0.494 e. The average Bonchev–Trinajstić information content (AvgIpc) is 3.16. The smallest absolute Gasteiger partial charge is 0.336 e. The number of nitrogens with zero attached hydrogens (tertiary/aromatic N) is 2. The van der Waals surface area contributed by atoms with E-state index >= 15 is 0 Å². The molecule has 1 fully saturated rings. The Morgan fingerprint density at radius 2 is 1.80 bits per heavy atom. The Bertz CT molecular complexity index is 1010. The molecule has 1 aromatic carbocycles. The third-order valence-corrected chi connectivity index (χ3v) is 4.22. The number of imide groups is 2. The first-order chi connectivity index (χ1) is 14.3. The molecule has 9 nitrogen and oxygen atoms in total. The number of carbonyl (C=O) groups is 3. The Kier molecular flexibility index (Phi) is 6.10. The summed E-state index contributed by atoms with van der Waals surface area (Å²) in [5.41, 5.74) is -0.0596. The maximum atomic E-state index is 13.1. The first kappa shape index (κ1) is 21.0. The highest BCUT2D eigenvalue weighted by Gasteiger charge is 2.38. The predicted molar refractivity (Wildman–Crippen MR) is 111 cm³/mol. The van der Waals surface area contributed by atoms with Crippen molar-refractivity contribution >= 4 is 35.5 Å². The predicted octanol–water partition coefficient (Wildman–Crippen LogP) is 2.81. The van der Waals surface area contributed by atoms with Crippen molar-refractivity contribution in [3.8, 4) is 11.5 Å². The molecule has 30 heavy (non-hydrogen) atoms. The van der Waals surface area contributed by atoms with Crippen molar-refractivity contribution in [3.05, 3.63) is 41.7 Å². The van der Waals surface area contributed by atoms with Crippen LogP contribution in [0.2, 0.25) is 0 Å². The van der Waals surface area contributed by atoms with E-state index in [2.05, 4.69) is 5.32 Å². The van der Waals surface area contributed by atoms with Crippen LogP contribution in [0.3, 0.4) is 0 Å². The average molecular weight is 413 g/mol. The summed E-state index contributed by atoms with van der Waals surface area (Å²) in [7, 11) is 3.60. The molecule has 0 atom stereocenters. The van der Waals surface area contributed by atoms with E-state index in [1.54, 1.807) is 50.2 Å². The first-order valence-electron chi connectivity index (χ1n) is 9.44. The highest BCUT2D eigenvalue weighted by molar-refractivity contribution is 6.39. The van der Waals surface area contributed by atoms with Gasteiger partial charge in [0.05, 0.1) is 18.9 Å². The van der Waals surface area contributed by atoms with Crippen LogP contribution >= 0.6 is 0 Å². The Morgan fingerprint density at radius 3 is 2.43 bits per heavy atom. The molecule has 0 unspecified atom stereocenters. The number of urea groups is 1. The van der Waals surface area contributed by atoms with E-state index in [1.165, 1.54) is 12.1 Å². The van der Waals surface area contributed by atoms with Crippen LogP contribution in [0.1, 0.15) is 19.6 Å². The number of ether oxygens (including phenoxy) is 2. The molecule has 1 aliphatic heterocycles. The minimum Gasteiger partial charge on any atom is -0.494 e. The number of amides is 4. The first-order valence-corrected chi connectivity index (χ1v) is 9.44. The quantitative estimate of drug-likeness (QED) is 0.550. The van der Waals surface area contributed by atoms with E-state index in [9.17, 15) is 14.4 Å². The summed E-state index contributed by atoms with van der Waals surface area (Å²) in [6.07, 6.45) is 1.30. The minimum atomic E-state index is -0.870. The molecule has 0 aliphatic carbocycles. The van der Waals surface area contributed by atoms with E-state index in [-0.39, 0.29) is 11.3 Å². The molecular weight excluding hydrogens is 390 g/mol. The molecule has 2 heterocycles. The number of furan rings is 1. The van der Waals surface area contributed by atoms with Gasteiger partial charge in [-0.15, -0.1) is 0 Å². The van der Waals surface area contributed by atoms with Crippen LogP contribution in [0.5, 0.6) is 11.5 Å². The third-order valence-electron chi connectivity index (χ3n) is 4.22. The van der Waals surface area contributed by atoms with Crippen molar-refractivity contribution in [1.29, 1.82) is 0 Å². The van der Waals surface area contributed by atoms with E-state index in [0.717, 1.165) is 4.90 Å². The summed E-state index contributed by atoms with van der Waals surface area (Å²) in [5, 5.41) is 2.19. The zero-order valence-corrected chi connectivity index (χ0v) is 17.2. The van der Waals surface area contributed by atoms with Crippen LogP contribution in [0, 0.1) is 0 Å². The fourth-order valence-electron chi connectivity index (χ4n) is 2.88. The van der Waals surface area contributed by atoms with Gasteiger partial charge in [0, 0.05) is 26.2 Å². The topological polar surface area (TPSA) is 101 Å². The van der Waals surface area contributed by atoms with Gasteiger partial charge in [-0.3, -0.25) is 14.9 Å². The lowest BCUT2D eigenvalue weighted by Gasteiger charge is -2.28. The van der Waals surface area contributed by atoms with Gasteiger partial charge in [0.15, 0.2) is 5.88 Å². The fourth-order valence-corrected chi connectivity index (χ4v) is 2.88. The number of hydrogen-bond donors (Lipinski definition) is 1. The number of nitrogens with one attached hydrogen (secondary N) is 1. The van der Waals surface area contributed by atoms with Crippen LogP contribution < -0.4 is 24.6 Å². The molecule has 1 saturated heterocycles. The molecule has 158 valence electrons. The van der Waals surface area contributed by atoms with Gasteiger partial charge in [-0.25, -0.2) is 9.69 Å². The van der Waals surface area contributed by atoms with Crippen molar-refractivity contribution in [2.75, 3.05) is 37.1 Å². The van der Waals surface area contributed by atoms with Crippen molar-refractivity contribution < 1.29 is 28.3 Å². The van der Waals surface area contributed by atoms with Crippen molar-refractivity contribution in [1.82, 2.24) is 5.32 Å². The van der Waals surface area contributed by atoms with Gasteiger partial charge in [0.25, 0.3) is 11.8 Å². The summed E-state index contributed by atoms with van der Waals surface area (Å²) in [6, 6.07) is 7.28. The SMILES string of the molecule is CCOc1ccc(OCC)c(N2C(=O)NC(=O)/C(=C/c3ccc(N(C)C)o3)C2=O)c1. The third kappa shape index (κ3) is 4.14. The second-order valence-electron chi connectivity index (χ2n) is 6.52. The van der Waals surface area contributed by atoms with E-state index < -0.39 is 17.8 Å². The summed E-state index contributed by atoms with van der Waals surface area (Å²) < 4.78 is 16.7. The lowest BCUT2D eigenvalue weighted by atomic mass is 10.1. The van der Waals surface area contributed by atoms with Gasteiger partial charge in [-0.2, -0.15) is 0 Å². The zero-order valence-electron chi connectivity index (χ0n) is 17.2. The molecule has 2 aromatic rings. The highest BCUT2D eigenvalue weighted by Crippen LogP contribution is 2.35. The molecule has 0 radical (unpaired) electrons. The Hall–Kier alpha value is -3.75. The van der Waals surface area contributed by atoms with Gasteiger partial charge < -0.3 is 18.8 Å². The van der Waals surface area contributed by atoms with Gasteiger partial charge in [0.2, 0.25) is 0 Å². The lowest BCUT2D eigenvalue weighted by molar-refractivity contribution is -0.122. The second-order valence-corrected chi connectivity index (χ2v) is 6.52. The normalized spacial score (nSPS) is 15.4. The molecular formula is C21H23N3O6. The van der Waals surface area contributed by atoms with E-state index in [1.807, 2.05) is 6.92 Å². The maximum absolute atomic E-state index is 13.1. The monoisotopic (exact) mass is 413 g/mol. The zero-order chi connectivity index (χ0) is 21.8. The van der Waals surface area contributed by atoms with Gasteiger partial charge >= 0.3 is 6.03 Å². The van der Waals surface area contributed by atoms with Crippen LogP contribution in [0.4, 0.5) is 16.4 Å². The number of anilines is 2. The molecule has 3 rings (SSSR count). The Balaban J connectivity index is 2.03. The van der Waals surface area contributed by atoms with E-state index in [4.69, 9.17) is 13.9 Å². The van der Waals surface area contributed by atoms with Gasteiger partial charge in [-0.05, 0) is 38.1 Å². The second kappa shape index (κ2) is 8.73. The molecule has 0 spiro atoms. The van der Waals surface area contributed by atoms with Crippen LogP contribution in [0.15, 0.2) is 40.3 Å². The summed E-state index contributed by atoms with van der Waals surface area (Å²) in [5.74, 6) is 0.0388. The molecule has 0 bridgehead atoms. The van der Waals surface area contributed by atoms with Crippen LogP contribution in [-0.2, 0) is 9.59 Å². The van der Waals surface area contributed by atoms with Gasteiger partial charge in [-0.1, -0.05) is 0 Å². The number of carbonyl (C=O) groups excluding carboxylic acids is 3. The fraction of sp³-hybridized carbons (Fsp3) is 0.286. The molecule has 1 N–H and O–H groups in total. The van der Waals surface area contributed by atoms with Crippen LogP contribution in [0.25, 0.3) is 6.08 Å². The molecule has 1 aliphatic rings. The van der Waals surface area contributed by atoms with E-state index in [0.29, 0.717) is 36.4 Å². The number of benzene rings is 1. The maximum Gasteiger partial charge on any atom is 0.336 e. The number of hydrogen-bond acceptors (Lipinski definition) is 7. The summed E-state index contributed by atoms with van der Waals surface area (Å²) in [4.78, 5) is 40.7. The number of barbiturate groups is 1. The van der Waals surface area contributed by atoms with Gasteiger partial charge in [0.1, 0.15) is 22.8 Å². The van der Waals surface area contributed by atoms with Crippen molar-refractivity contribution in [3.63, 3.8) is 0 Å². The highest BCUT2D eigenvalue weighted by atomic mass is 16.5. The summed E-state index contributed by atoms with van der Waals surface area (Å²) in [6.45, 7) is 4.34. The van der Waals surface area contributed by atoms with Crippen molar-refractivity contribution in [2.45, 2.75) is 13.8 Å². The molecule has 1 aromatic heterocycles. The summed E-state index contributed by atoms with van der Waals surface area (Å²) >= 11 is 0. The Labute approximate surface area is 173 Å². The number of rotatable bonds is 7. The lowest BCUT2D eigenvalue weighted by Crippen LogP contribution is -2.54. The standard InChI is InChI=1S/C21H23N3O6/c1-5-28-13-7-9-17(29-6-2)16(12-13)24-20(26)15(19(25)22-21(24)27)11-14-8-10-18(30-14)23(3)4/h7-12H,5-6H2,1-4H3,(H,22,25,27)/b15-11-. The van der Waals surface area contributed by atoms with Crippen LogP contribution in [-0.4, -0.2) is 45.2 Å². The molecule has 4 amide bonds. The molecule has 0 saturated carbocycles.